The van der Waals surface area contributed by atoms with Gasteiger partial charge in [-0.1, -0.05) is 0 Å². The van der Waals surface area contributed by atoms with E-state index in [9.17, 15) is 4.79 Å². The molecule has 0 bridgehead atoms. The number of hydrogen-bond acceptors (Lipinski definition) is 6. The number of nitrogens with two attached hydrogens (primary N) is 2. The molecular formula is C7H11N5O2. The van der Waals surface area contributed by atoms with E-state index in [1.807, 2.05) is 0 Å². The summed E-state index contributed by atoms with van der Waals surface area (Å²) in [6.45, 7) is 0. The number of hydrogen-bond donors (Lipinski definition) is 2. The molecule has 0 atom stereocenters. The van der Waals surface area contributed by atoms with Crippen LogP contribution >= 0.6 is 0 Å². The third kappa shape index (κ3) is 1.88. The van der Waals surface area contributed by atoms with Gasteiger partial charge in [-0.2, -0.15) is 4.98 Å². The Balaban J connectivity index is 3.02. The lowest BCUT2D eigenvalue weighted by molar-refractivity contribution is -0.0756. The molecule has 0 aliphatic carbocycles. The Morgan fingerprint density at radius 2 is 2.21 bits per heavy atom. The topological polar surface area (TPSA) is 107 Å². The maximum atomic E-state index is 11.5. The van der Waals surface area contributed by atoms with Gasteiger partial charge in [-0.15, -0.1) is 0 Å². The van der Waals surface area contributed by atoms with Crippen LogP contribution in [0, 0.1) is 0 Å². The third-order valence-electron chi connectivity index (χ3n) is 1.63. The van der Waals surface area contributed by atoms with E-state index in [2.05, 4.69) is 9.97 Å². The highest BCUT2D eigenvalue weighted by Gasteiger charge is 2.16. The molecule has 1 aromatic heterocycles. The molecule has 1 aromatic rings. The van der Waals surface area contributed by atoms with Crippen LogP contribution < -0.4 is 11.5 Å². The fraction of sp³-hybridized carbons (Fsp3) is 0.286. The largest absolute Gasteiger partial charge is 0.383 e. The average molecular weight is 197 g/mol. The van der Waals surface area contributed by atoms with Crippen LogP contribution in [0.4, 0.5) is 11.8 Å². The summed E-state index contributed by atoms with van der Waals surface area (Å²) in [6.07, 6.45) is 1.26. The summed E-state index contributed by atoms with van der Waals surface area (Å²) in [5.41, 5.74) is 10.9. The normalized spacial score (nSPS) is 9.86. The average Bonchev–Trinajstić information content (AvgIpc) is 2.15. The lowest BCUT2D eigenvalue weighted by Gasteiger charge is -2.13. The van der Waals surface area contributed by atoms with E-state index in [4.69, 9.17) is 16.3 Å². The van der Waals surface area contributed by atoms with Gasteiger partial charge in [-0.05, 0) is 0 Å². The van der Waals surface area contributed by atoms with Gasteiger partial charge in [0.1, 0.15) is 11.4 Å². The number of aromatic nitrogens is 2. The number of nitrogens with zero attached hydrogens (tertiary/aromatic N) is 3. The summed E-state index contributed by atoms with van der Waals surface area (Å²) in [6, 6.07) is 0. The zero-order chi connectivity index (χ0) is 10.7. The zero-order valence-corrected chi connectivity index (χ0v) is 7.89. The van der Waals surface area contributed by atoms with Gasteiger partial charge in [0.2, 0.25) is 5.95 Å². The Labute approximate surface area is 80.6 Å². The first-order valence-electron chi connectivity index (χ1n) is 3.76. The number of nitrogen functional groups attached to an aromatic ring is 2. The predicted octanol–water partition coefficient (Wildman–Crippen LogP) is -0.726. The van der Waals surface area contributed by atoms with E-state index in [1.54, 1.807) is 0 Å². The quantitative estimate of drug-likeness (QED) is 0.605. The van der Waals surface area contributed by atoms with Crippen molar-refractivity contribution in [3.63, 3.8) is 0 Å². The van der Waals surface area contributed by atoms with Crippen molar-refractivity contribution >= 4 is 17.7 Å². The van der Waals surface area contributed by atoms with Crippen LogP contribution in [-0.2, 0) is 4.84 Å². The predicted molar refractivity (Wildman–Crippen MR) is 50.0 cm³/mol. The first-order chi connectivity index (χ1) is 6.56. The highest BCUT2D eigenvalue weighted by atomic mass is 16.7. The van der Waals surface area contributed by atoms with E-state index >= 15 is 0 Å². The molecule has 0 fully saturated rings. The van der Waals surface area contributed by atoms with Crippen molar-refractivity contribution in [3.8, 4) is 0 Å². The molecule has 0 aromatic carbocycles. The molecule has 7 heteroatoms. The van der Waals surface area contributed by atoms with Crippen LogP contribution in [0.3, 0.4) is 0 Å². The maximum Gasteiger partial charge on any atom is 0.282 e. The Bertz CT molecular complexity index is 354. The second-order valence-corrected chi connectivity index (χ2v) is 2.51. The van der Waals surface area contributed by atoms with Gasteiger partial charge in [0, 0.05) is 13.2 Å². The molecule has 7 nitrogen and oxygen atoms in total. The van der Waals surface area contributed by atoms with Crippen LogP contribution in [0.1, 0.15) is 10.4 Å². The molecule has 0 unspecified atom stereocenters. The van der Waals surface area contributed by atoms with Crippen molar-refractivity contribution < 1.29 is 9.63 Å². The van der Waals surface area contributed by atoms with Crippen molar-refractivity contribution in [2.75, 3.05) is 25.6 Å². The summed E-state index contributed by atoms with van der Waals surface area (Å²) >= 11 is 0. The number of hydroxylamine groups is 2. The Hall–Kier alpha value is -1.89. The molecule has 1 amide bonds. The van der Waals surface area contributed by atoms with E-state index in [1.165, 1.54) is 20.4 Å². The van der Waals surface area contributed by atoms with Gasteiger partial charge in [-0.3, -0.25) is 9.63 Å². The Kier molecular flexibility index (Phi) is 2.82. The number of anilines is 2. The number of carbonyl (C=O) groups excluding carboxylic acids is 1. The van der Waals surface area contributed by atoms with Gasteiger partial charge < -0.3 is 11.5 Å². The smallest absolute Gasteiger partial charge is 0.282 e. The lowest BCUT2D eigenvalue weighted by Crippen LogP contribution is -2.26. The van der Waals surface area contributed by atoms with Crippen molar-refractivity contribution in [2.24, 2.45) is 0 Å². The fourth-order valence-electron chi connectivity index (χ4n) is 0.827. The molecule has 1 rings (SSSR count). The van der Waals surface area contributed by atoms with Gasteiger partial charge in [0.15, 0.2) is 0 Å². The van der Waals surface area contributed by atoms with E-state index in [0.29, 0.717) is 0 Å². The van der Waals surface area contributed by atoms with E-state index < -0.39 is 5.91 Å². The van der Waals surface area contributed by atoms with Crippen molar-refractivity contribution in [1.82, 2.24) is 15.0 Å². The van der Waals surface area contributed by atoms with Crippen LogP contribution in [0.15, 0.2) is 6.20 Å². The fourth-order valence-corrected chi connectivity index (χ4v) is 0.827. The first-order valence-corrected chi connectivity index (χ1v) is 3.76. The highest BCUT2D eigenvalue weighted by molar-refractivity contribution is 5.97. The molecule has 0 aliphatic rings. The van der Waals surface area contributed by atoms with Gasteiger partial charge >= 0.3 is 0 Å². The molecule has 0 radical (unpaired) electrons. The van der Waals surface area contributed by atoms with Crippen LogP contribution in [-0.4, -0.2) is 35.1 Å². The van der Waals surface area contributed by atoms with Crippen molar-refractivity contribution in [1.29, 1.82) is 0 Å². The van der Waals surface area contributed by atoms with Crippen LogP contribution in [0.2, 0.25) is 0 Å². The van der Waals surface area contributed by atoms with Crippen molar-refractivity contribution in [3.05, 3.63) is 11.8 Å². The van der Waals surface area contributed by atoms with Crippen LogP contribution in [0.25, 0.3) is 0 Å². The second-order valence-electron chi connectivity index (χ2n) is 2.51. The summed E-state index contributed by atoms with van der Waals surface area (Å²) in [4.78, 5) is 23.5. The summed E-state index contributed by atoms with van der Waals surface area (Å²) in [5.74, 6) is -0.365. The molecule has 1 heterocycles. The molecule has 4 N–H and O–H groups in total. The Morgan fingerprint density at radius 3 is 2.71 bits per heavy atom. The third-order valence-corrected chi connectivity index (χ3v) is 1.63. The van der Waals surface area contributed by atoms with E-state index in [0.717, 1.165) is 5.06 Å². The summed E-state index contributed by atoms with van der Waals surface area (Å²) in [5, 5.41) is 1.02. The highest BCUT2D eigenvalue weighted by Crippen LogP contribution is 2.10. The van der Waals surface area contributed by atoms with Gasteiger partial charge in [0.05, 0.1) is 7.11 Å². The van der Waals surface area contributed by atoms with Gasteiger partial charge in [0.25, 0.3) is 5.91 Å². The monoisotopic (exact) mass is 197 g/mol. The molecule has 0 saturated heterocycles. The molecule has 0 saturated carbocycles. The molecule has 0 spiro atoms. The maximum absolute atomic E-state index is 11.5. The standard InChI is InChI=1S/C7H11N5O2/c1-12(14-2)6(13)4-3-10-7(9)11-5(4)8/h3H,1-2H3,(H4,8,9,10,11). The minimum Gasteiger partial charge on any atom is -0.383 e. The van der Waals surface area contributed by atoms with Gasteiger partial charge in [-0.25, -0.2) is 10.0 Å². The Morgan fingerprint density at radius 1 is 1.57 bits per heavy atom. The number of carbonyl (C=O) groups is 1. The molecule has 0 aliphatic heterocycles. The molecule has 76 valence electrons. The minimum absolute atomic E-state index is 0.0270. The number of amides is 1. The molecular weight excluding hydrogens is 186 g/mol. The SMILES string of the molecule is CON(C)C(=O)c1cnc(N)nc1N. The summed E-state index contributed by atoms with van der Waals surface area (Å²) in [7, 11) is 2.82. The molecule has 14 heavy (non-hydrogen) atoms. The summed E-state index contributed by atoms with van der Waals surface area (Å²) < 4.78 is 0. The lowest BCUT2D eigenvalue weighted by atomic mass is 10.3. The van der Waals surface area contributed by atoms with Crippen molar-refractivity contribution in [2.45, 2.75) is 0 Å². The number of rotatable bonds is 2. The zero-order valence-electron chi connectivity index (χ0n) is 7.89. The second kappa shape index (κ2) is 3.88. The minimum atomic E-state index is -0.426. The first kappa shape index (κ1) is 10.2. The van der Waals surface area contributed by atoms with Crippen LogP contribution in [0.5, 0.6) is 0 Å². The van der Waals surface area contributed by atoms with E-state index in [-0.39, 0.29) is 17.3 Å².